The highest BCUT2D eigenvalue weighted by Gasteiger charge is 2.28. The molecule has 2 aromatic rings. The van der Waals surface area contributed by atoms with Gasteiger partial charge in [0.15, 0.2) is 9.92 Å². The summed E-state index contributed by atoms with van der Waals surface area (Å²) in [5.41, 5.74) is 1.99. The third-order valence-corrected chi connectivity index (χ3v) is 6.53. The molecule has 11 nitrogen and oxygen atoms in total. The monoisotopic (exact) mass is 465 g/mol. The number of anilines is 1. The van der Waals surface area contributed by atoms with E-state index >= 15 is 0 Å². The Morgan fingerprint density at radius 3 is 2.69 bits per heavy atom. The molecule has 12 heteroatoms. The number of methoxy groups -OCH3 is 1. The minimum Gasteiger partial charge on any atom is -0.481 e. The second-order valence-electron chi connectivity index (χ2n) is 8.21. The average molecular weight is 466 g/mol. The predicted octanol–water partition coefficient (Wildman–Crippen LogP) is 2.45. The molecule has 32 heavy (non-hydrogen) atoms. The predicted molar refractivity (Wildman–Crippen MR) is 122 cm³/mol. The van der Waals surface area contributed by atoms with Crippen LogP contribution >= 0.6 is 0 Å². The molecule has 1 aliphatic rings. The van der Waals surface area contributed by atoms with Crippen molar-refractivity contribution in [2.45, 2.75) is 57.0 Å². The molecule has 4 N–H and O–H groups in total. The maximum absolute atomic E-state index is 13.2. The normalized spacial score (nSPS) is 17.5. The fourth-order valence-corrected chi connectivity index (χ4v) is 4.43. The molecule has 1 aliphatic heterocycles. The standard InChI is InChI=1S/C20H31N7O4S/c1-11(2)14-7-16(30-6)24-17(12(3)4)18(14)25-20(28)26-32(21,29)15-8-23-27-9-13(22-5)10-31-19(15)27/h7-8,11-13,22H,9-10H2,1-6H3,(H3,21,25,26,28,29)/t13-,32+/m0/s1. The summed E-state index contributed by atoms with van der Waals surface area (Å²) in [4.78, 5) is 17.4. The summed E-state index contributed by atoms with van der Waals surface area (Å²) < 4.78 is 29.5. The van der Waals surface area contributed by atoms with Crippen molar-refractivity contribution in [1.82, 2.24) is 20.1 Å². The van der Waals surface area contributed by atoms with Crippen molar-refractivity contribution in [3.8, 4) is 11.8 Å². The Bertz CT molecular complexity index is 1090. The molecule has 2 aromatic heterocycles. The number of rotatable bonds is 6. The maximum Gasteiger partial charge on any atom is 0.354 e. The van der Waals surface area contributed by atoms with Gasteiger partial charge in [0, 0.05) is 6.07 Å². The number of hydrogen-bond donors (Lipinski definition) is 3. The molecule has 0 spiro atoms. The van der Waals surface area contributed by atoms with Gasteiger partial charge in [0.25, 0.3) is 0 Å². The third kappa shape index (κ3) is 4.87. The number of urea groups is 1. The molecule has 2 atom stereocenters. The van der Waals surface area contributed by atoms with Crippen LogP contribution in [0.15, 0.2) is 21.5 Å². The molecule has 3 rings (SSSR count). The summed E-state index contributed by atoms with van der Waals surface area (Å²) in [6.07, 6.45) is 1.33. The Balaban J connectivity index is 1.96. The van der Waals surface area contributed by atoms with Crippen molar-refractivity contribution < 1.29 is 18.5 Å². The Morgan fingerprint density at radius 1 is 1.38 bits per heavy atom. The number of amides is 2. The Morgan fingerprint density at radius 2 is 2.09 bits per heavy atom. The zero-order chi connectivity index (χ0) is 23.6. The maximum atomic E-state index is 13.2. The molecular weight excluding hydrogens is 434 g/mol. The Kier molecular flexibility index (Phi) is 7.06. The van der Waals surface area contributed by atoms with Crippen LogP contribution in [0.2, 0.25) is 0 Å². The van der Waals surface area contributed by atoms with E-state index < -0.39 is 15.9 Å². The number of carbonyl (C=O) groups is 1. The molecule has 0 saturated carbocycles. The van der Waals surface area contributed by atoms with Crippen LogP contribution in [-0.2, 0) is 16.5 Å². The highest BCUT2D eigenvalue weighted by Crippen LogP contribution is 2.34. The lowest BCUT2D eigenvalue weighted by atomic mass is 9.97. The first kappa shape index (κ1) is 24.0. The molecule has 2 amide bonds. The largest absolute Gasteiger partial charge is 0.481 e. The van der Waals surface area contributed by atoms with Gasteiger partial charge in [0.1, 0.15) is 11.5 Å². The Labute approximate surface area is 188 Å². The van der Waals surface area contributed by atoms with Crippen LogP contribution in [0, 0.1) is 0 Å². The van der Waals surface area contributed by atoms with Crippen LogP contribution in [-0.4, -0.2) is 51.8 Å². The molecule has 176 valence electrons. The smallest absolute Gasteiger partial charge is 0.354 e. The van der Waals surface area contributed by atoms with E-state index in [1.807, 2.05) is 34.7 Å². The molecule has 0 fully saturated rings. The number of nitrogens with zero attached hydrogens (tertiary/aromatic N) is 4. The van der Waals surface area contributed by atoms with E-state index in [0.717, 1.165) is 5.56 Å². The van der Waals surface area contributed by atoms with Crippen LogP contribution in [0.4, 0.5) is 10.5 Å². The minimum absolute atomic E-state index is 0.00338. The number of carbonyl (C=O) groups excluding carboxylic acids is 1. The quantitative estimate of drug-likeness (QED) is 0.594. The lowest BCUT2D eigenvalue weighted by molar-refractivity contribution is 0.184. The van der Waals surface area contributed by atoms with Gasteiger partial charge in [-0.05, 0) is 24.4 Å². The van der Waals surface area contributed by atoms with Gasteiger partial charge in [-0.1, -0.05) is 27.7 Å². The topological polar surface area (TPSA) is 146 Å². The molecule has 3 heterocycles. The number of aromatic nitrogens is 3. The van der Waals surface area contributed by atoms with Crippen molar-refractivity contribution in [2.75, 3.05) is 26.1 Å². The number of nitrogens with one attached hydrogen (secondary N) is 2. The van der Waals surface area contributed by atoms with Crippen molar-refractivity contribution in [2.24, 2.45) is 9.50 Å². The third-order valence-electron chi connectivity index (χ3n) is 5.18. The highest BCUT2D eigenvalue weighted by atomic mass is 32.2. The average Bonchev–Trinajstić information content (AvgIpc) is 3.17. The number of fused-ring (bicyclic) bond motifs is 1. The van der Waals surface area contributed by atoms with E-state index in [1.54, 1.807) is 17.9 Å². The summed E-state index contributed by atoms with van der Waals surface area (Å²) >= 11 is 0. The fraction of sp³-hybridized carbons (Fsp3) is 0.550. The van der Waals surface area contributed by atoms with Crippen LogP contribution in [0.3, 0.4) is 0 Å². The molecule has 0 unspecified atom stereocenters. The second-order valence-corrected chi connectivity index (χ2v) is 9.97. The van der Waals surface area contributed by atoms with Crippen LogP contribution in [0.5, 0.6) is 11.8 Å². The number of ether oxygens (including phenoxy) is 2. The van der Waals surface area contributed by atoms with E-state index in [4.69, 9.17) is 14.6 Å². The SMILES string of the molecule is CN[C@@H]1COc2c([S@](N)(=O)=NC(=O)Nc3c(C(C)C)cc(OC)nc3C(C)C)cnn2C1. The lowest BCUT2D eigenvalue weighted by Crippen LogP contribution is -2.40. The van der Waals surface area contributed by atoms with Gasteiger partial charge in [0.05, 0.1) is 37.3 Å². The summed E-state index contributed by atoms with van der Waals surface area (Å²) in [6, 6.07) is 0.999. The van der Waals surface area contributed by atoms with E-state index in [9.17, 15) is 9.00 Å². The molecular formula is C20H31N7O4S. The molecule has 0 saturated heterocycles. The summed E-state index contributed by atoms with van der Waals surface area (Å²) in [5, 5.41) is 16.0. The Hall–Kier alpha value is -2.70. The first-order chi connectivity index (χ1) is 15.1. The number of pyridine rings is 1. The minimum atomic E-state index is -3.59. The molecule has 0 aromatic carbocycles. The van der Waals surface area contributed by atoms with E-state index in [0.29, 0.717) is 30.4 Å². The summed E-state index contributed by atoms with van der Waals surface area (Å²) in [7, 11) is -0.230. The zero-order valence-electron chi connectivity index (χ0n) is 19.2. The van der Waals surface area contributed by atoms with Gasteiger partial charge in [-0.3, -0.25) is 0 Å². The zero-order valence-corrected chi connectivity index (χ0v) is 20.0. The lowest BCUT2D eigenvalue weighted by Gasteiger charge is -2.24. The van der Waals surface area contributed by atoms with Crippen LogP contribution in [0.1, 0.15) is 50.8 Å². The molecule has 0 aliphatic carbocycles. The molecule has 0 bridgehead atoms. The number of nitrogens with two attached hydrogens (primary N) is 1. The highest BCUT2D eigenvalue weighted by molar-refractivity contribution is 7.91. The number of hydrogen-bond acceptors (Lipinski definition) is 7. The van der Waals surface area contributed by atoms with Gasteiger partial charge >= 0.3 is 6.03 Å². The van der Waals surface area contributed by atoms with Crippen molar-refractivity contribution in [3.05, 3.63) is 23.5 Å². The van der Waals surface area contributed by atoms with E-state index in [2.05, 4.69) is 25.1 Å². The van der Waals surface area contributed by atoms with Crippen LogP contribution in [0.25, 0.3) is 0 Å². The van der Waals surface area contributed by atoms with Crippen molar-refractivity contribution in [3.63, 3.8) is 0 Å². The van der Waals surface area contributed by atoms with Gasteiger partial charge in [-0.15, -0.1) is 4.36 Å². The van der Waals surface area contributed by atoms with Gasteiger partial charge in [0.2, 0.25) is 11.8 Å². The summed E-state index contributed by atoms with van der Waals surface area (Å²) in [5.74, 6) is 0.783. The fourth-order valence-electron chi connectivity index (χ4n) is 3.42. The number of likely N-dealkylation sites (N-methyl/N-ethyl adjacent to an activating group) is 1. The van der Waals surface area contributed by atoms with Crippen molar-refractivity contribution in [1.29, 1.82) is 0 Å². The summed E-state index contributed by atoms with van der Waals surface area (Å²) in [6.45, 7) is 8.79. The first-order valence-corrected chi connectivity index (χ1v) is 12.0. The second kappa shape index (κ2) is 9.43. The van der Waals surface area contributed by atoms with Gasteiger partial charge in [-0.25, -0.2) is 23.8 Å². The van der Waals surface area contributed by atoms with E-state index in [-0.39, 0.29) is 28.7 Å². The van der Waals surface area contributed by atoms with E-state index in [1.165, 1.54) is 6.20 Å². The van der Waals surface area contributed by atoms with Gasteiger partial charge < -0.3 is 20.1 Å². The van der Waals surface area contributed by atoms with Crippen molar-refractivity contribution >= 4 is 21.6 Å². The first-order valence-electron chi connectivity index (χ1n) is 10.4. The van der Waals surface area contributed by atoms with Crippen LogP contribution < -0.4 is 25.2 Å². The molecule has 0 radical (unpaired) electrons. The van der Waals surface area contributed by atoms with Gasteiger partial charge in [-0.2, -0.15) is 5.10 Å².